The van der Waals surface area contributed by atoms with Gasteiger partial charge < -0.3 is 0 Å². The third-order valence-electron chi connectivity index (χ3n) is 3.47. The van der Waals surface area contributed by atoms with E-state index in [2.05, 4.69) is 61.0 Å². The zero-order valence-corrected chi connectivity index (χ0v) is 13.2. The van der Waals surface area contributed by atoms with Gasteiger partial charge in [-0.05, 0) is 43.5 Å². The van der Waals surface area contributed by atoms with Crippen LogP contribution in [0.1, 0.15) is 31.2 Å². The molecule has 1 aliphatic rings. The van der Waals surface area contributed by atoms with Gasteiger partial charge in [-0.15, -0.1) is 0 Å². The summed E-state index contributed by atoms with van der Waals surface area (Å²) in [6.07, 6.45) is 5.43. The van der Waals surface area contributed by atoms with Gasteiger partial charge in [-0.25, -0.2) is 0 Å². The molecule has 0 radical (unpaired) electrons. The largest absolute Gasteiger partial charge is 0.296 e. The first-order valence-corrected chi connectivity index (χ1v) is 8.25. The average molecular weight is 361 g/mol. The first-order chi connectivity index (χ1) is 8.29. The van der Waals surface area contributed by atoms with Crippen molar-refractivity contribution in [3.05, 3.63) is 34.3 Å². The van der Waals surface area contributed by atoms with Crippen LogP contribution >= 0.6 is 31.9 Å². The Hall–Kier alpha value is 0.140. The van der Waals surface area contributed by atoms with Crippen LogP contribution in [-0.4, -0.2) is 22.8 Å². The van der Waals surface area contributed by atoms with Crippen molar-refractivity contribution in [3.8, 4) is 0 Å². The number of hydrogen-bond donors (Lipinski definition) is 0. The Labute approximate surface area is 121 Å². The lowest BCUT2D eigenvalue weighted by Gasteiger charge is -2.37. The monoisotopic (exact) mass is 359 g/mol. The normalized spacial score (nSPS) is 16.2. The summed E-state index contributed by atoms with van der Waals surface area (Å²) in [7, 11) is 0. The Morgan fingerprint density at radius 3 is 2.41 bits per heavy atom. The zero-order valence-electron chi connectivity index (χ0n) is 10.0. The fourth-order valence-electron chi connectivity index (χ4n) is 2.23. The van der Waals surface area contributed by atoms with Gasteiger partial charge in [0.1, 0.15) is 0 Å². The highest BCUT2D eigenvalue weighted by molar-refractivity contribution is 9.10. The molecule has 1 saturated carbocycles. The number of alkyl halides is 1. The molecule has 0 aromatic heterocycles. The van der Waals surface area contributed by atoms with Crippen molar-refractivity contribution in [2.75, 3.05) is 11.9 Å². The van der Waals surface area contributed by atoms with Gasteiger partial charge in [0.2, 0.25) is 0 Å². The zero-order chi connectivity index (χ0) is 12.1. The van der Waals surface area contributed by atoms with Gasteiger partial charge in [-0.2, -0.15) is 0 Å². The van der Waals surface area contributed by atoms with Gasteiger partial charge >= 0.3 is 0 Å². The molecule has 2 rings (SSSR count). The van der Waals surface area contributed by atoms with Gasteiger partial charge in [0.15, 0.2) is 0 Å². The fourth-order valence-corrected chi connectivity index (χ4v) is 2.74. The second-order valence-electron chi connectivity index (χ2n) is 4.72. The third-order valence-corrected chi connectivity index (χ3v) is 4.56. The molecule has 0 amide bonds. The predicted molar refractivity (Wildman–Crippen MR) is 80.6 cm³/mol. The van der Waals surface area contributed by atoms with E-state index < -0.39 is 0 Å². The summed E-state index contributed by atoms with van der Waals surface area (Å²) >= 11 is 7.02. The number of benzene rings is 1. The smallest absolute Gasteiger partial charge is 0.0236 e. The molecule has 0 unspecified atom stereocenters. The highest BCUT2D eigenvalue weighted by atomic mass is 79.9. The van der Waals surface area contributed by atoms with Crippen LogP contribution in [0.2, 0.25) is 0 Å². The van der Waals surface area contributed by atoms with E-state index in [-0.39, 0.29) is 0 Å². The van der Waals surface area contributed by atoms with Crippen molar-refractivity contribution in [1.29, 1.82) is 0 Å². The van der Waals surface area contributed by atoms with Crippen molar-refractivity contribution in [1.82, 2.24) is 4.90 Å². The van der Waals surface area contributed by atoms with Crippen LogP contribution in [0.25, 0.3) is 0 Å². The molecular formula is C14H19Br2N. The van der Waals surface area contributed by atoms with Crippen LogP contribution < -0.4 is 0 Å². The van der Waals surface area contributed by atoms with Gasteiger partial charge in [0.05, 0.1) is 0 Å². The minimum Gasteiger partial charge on any atom is -0.296 e. The molecule has 0 bridgehead atoms. The fraction of sp³-hybridized carbons (Fsp3) is 0.571. The standard InChI is InChI=1S/C14H19Br2N/c15-9-2-10-17(14-3-1-4-14)11-12-5-7-13(16)8-6-12/h5-8,14H,1-4,9-11H2. The summed E-state index contributed by atoms with van der Waals surface area (Å²) in [6, 6.07) is 9.56. The van der Waals surface area contributed by atoms with Crippen LogP contribution in [0.3, 0.4) is 0 Å². The molecule has 0 aliphatic heterocycles. The third kappa shape index (κ3) is 4.08. The highest BCUT2D eigenvalue weighted by Crippen LogP contribution is 2.26. The van der Waals surface area contributed by atoms with Crippen molar-refractivity contribution in [2.45, 2.75) is 38.3 Å². The Kier molecular flexibility index (Phi) is 5.51. The predicted octanol–water partition coefficient (Wildman–Crippen LogP) is 4.59. The first kappa shape index (κ1) is 13.6. The van der Waals surface area contributed by atoms with Crippen molar-refractivity contribution in [2.24, 2.45) is 0 Å². The van der Waals surface area contributed by atoms with E-state index in [9.17, 15) is 0 Å². The minimum atomic E-state index is 0.831. The summed E-state index contributed by atoms with van der Waals surface area (Å²) in [6.45, 7) is 2.32. The van der Waals surface area contributed by atoms with E-state index in [4.69, 9.17) is 0 Å². The summed E-state index contributed by atoms with van der Waals surface area (Å²) in [5.74, 6) is 0. The summed E-state index contributed by atoms with van der Waals surface area (Å²) < 4.78 is 1.16. The average Bonchev–Trinajstić information content (AvgIpc) is 2.26. The lowest BCUT2D eigenvalue weighted by molar-refractivity contribution is 0.120. The van der Waals surface area contributed by atoms with E-state index in [1.165, 1.54) is 37.8 Å². The molecule has 1 fully saturated rings. The summed E-state index contributed by atoms with van der Waals surface area (Å²) in [5, 5.41) is 1.11. The lowest BCUT2D eigenvalue weighted by Crippen LogP contribution is -2.40. The SMILES string of the molecule is BrCCCN(Cc1ccc(Br)cc1)C1CCC1. The quantitative estimate of drug-likeness (QED) is 0.670. The van der Waals surface area contributed by atoms with E-state index in [1.54, 1.807) is 0 Å². The van der Waals surface area contributed by atoms with E-state index >= 15 is 0 Å². The van der Waals surface area contributed by atoms with Gasteiger partial charge in [0.25, 0.3) is 0 Å². The Bertz CT molecular complexity index is 333. The molecule has 1 aromatic carbocycles. The summed E-state index contributed by atoms with van der Waals surface area (Å²) in [5.41, 5.74) is 1.43. The molecule has 0 spiro atoms. The molecule has 1 aromatic rings. The van der Waals surface area contributed by atoms with Crippen LogP contribution in [0, 0.1) is 0 Å². The van der Waals surface area contributed by atoms with E-state index in [0.717, 1.165) is 22.4 Å². The molecule has 0 saturated heterocycles. The van der Waals surface area contributed by atoms with Crippen LogP contribution in [0.4, 0.5) is 0 Å². The Morgan fingerprint density at radius 1 is 1.18 bits per heavy atom. The second kappa shape index (κ2) is 6.91. The van der Waals surface area contributed by atoms with Gasteiger partial charge in [-0.3, -0.25) is 4.90 Å². The van der Waals surface area contributed by atoms with Crippen LogP contribution in [0.5, 0.6) is 0 Å². The van der Waals surface area contributed by atoms with Crippen molar-refractivity contribution >= 4 is 31.9 Å². The number of rotatable bonds is 6. The first-order valence-electron chi connectivity index (χ1n) is 6.34. The molecule has 1 nitrogen and oxygen atoms in total. The Morgan fingerprint density at radius 2 is 1.88 bits per heavy atom. The molecule has 3 heteroatoms. The Balaban J connectivity index is 1.93. The maximum Gasteiger partial charge on any atom is 0.0236 e. The number of nitrogens with zero attached hydrogens (tertiary/aromatic N) is 1. The highest BCUT2D eigenvalue weighted by Gasteiger charge is 2.24. The summed E-state index contributed by atoms with van der Waals surface area (Å²) in [4.78, 5) is 2.65. The molecule has 0 atom stereocenters. The molecule has 1 aliphatic carbocycles. The molecule has 0 N–H and O–H groups in total. The van der Waals surface area contributed by atoms with Gasteiger partial charge in [-0.1, -0.05) is 50.4 Å². The van der Waals surface area contributed by atoms with Crippen LogP contribution in [-0.2, 0) is 6.54 Å². The van der Waals surface area contributed by atoms with Crippen molar-refractivity contribution < 1.29 is 0 Å². The molecule has 94 valence electrons. The van der Waals surface area contributed by atoms with E-state index in [0.29, 0.717) is 0 Å². The van der Waals surface area contributed by atoms with E-state index in [1.807, 2.05) is 0 Å². The topological polar surface area (TPSA) is 3.24 Å². The van der Waals surface area contributed by atoms with Crippen molar-refractivity contribution in [3.63, 3.8) is 0 Å². The lowest BCUT2D eigenvalue weighted by atomic mass is 9.91. The molecule has 0 heterocycles. The van der Waals surface area contributed by atoms with Crippen LogP contribution in [0.15, 0.2) is 28.7 Å². The molecule has 17 heavy (non-hydrogen) atoms. The van der Waals surface area contributed by atoms with Gasteiger partial charge in [0, 0.05) is 22.4 Å². The number of hydrogen-bond acceptors (Lipinski definition) is 1. The minimum absolute atomic E-state index is 0.831. The maximum atomic E-state index is 3.53. The molecular weight excluding hydrogens is 342 g/mol. The second-order valence-corrected chi connectivity index (χ2v) is 6.43. The maximum absolute atomic E-state index is 3.53. The number of halogens is 2.